The summed E-state index contributed by atoms with van der Waals surface area (Å²) in [7, 11) is 0. The van der Waals surface area contributed by atoms with E-state index in [0.29, 0.717) is 11.8 Å². The van der Waals surface area contributed by atoms with E-state index in [-0.39, 0.29) is 23.9 Å². The van der Waals surface area contributed by atoms with Crippen molar-refractivity contribution in [2.45, 2.75) is 25.7 Å². The van der Waals surface area contributed by atoms with E-state index in [0.717, 1.165) is 19.4 Å². The molecule has 1 aliphatic heterocycles. The van der Waals surface area contributed by atoms with Crippen molar-refractivity contribution in [3.63, 3.8) is 0 Å². The number of phenols is 2. The van der Waals surface area contributed by atoms with Crippen molar-refractivity contribution < 1.29 is 10.2 Å². The Bertz CT molecular complexity index is 729. The van der Waals surface area contributed by atoms with Gasteiger partial charge in [0.1, 0.15) is 0 Å². The maximum Gasteiger partial charge on any atom is 0.157 e. The van der Waals surface area contributed by atoms with Crippen LogP contribution in [0.4, 0.5) is 5.69 Å². The number of phenolic OH excluding ortho intramolecular Hbond substituents is 2. The number of hydrogen-bond donors (Lipinski definition) is 3. The minimum atomic E-state index is -0.0119. The molecule has 1 heterocycles. The fraction of sp³-hybridized carbons (Fsp3) is 0.333. The molecule has 0 fully saturated rings. The summed E-state index contributed by atoms with van der Waals surface area (Å²) in [5.41, 5.74) is 6.11. The molecule has 2 atom stereocenters. The molecule has 22 heavy (non-hydrogen) atoms. The van der Waals surface area contributed by atoms with Gasteiger partial charge in [-0.05, 0) is 60.6 Å². The second kappa shape index (κ2) is 5.40. The first-order valence-corrected chi connectivity index (χ1v) is 7.52. The van der Waals surface area contributed by atoms with Crippen molar-refractivity contribution >= 4 is 18.1 Å². The highest BCUT2D eigenvalue weighted by atomic mass is 35.5. The standard InChI is InChI=1S/C18H19NO2.ClH/c1-10-2-5-15-14(6-10)18-12(9-19-15)4-3-11-7-16(20)17(21)8-13(11)18;/h2,5-8,12,18-21H,3-4,9H2,1H3;1H/t12-,18-;/m0./s1. The number of anilines is 1. The molecule has 0 saturated carbocycles. The monoisotopic (exact) mass is 317 g/mol. The zero-order chi connectivity index (χ0) is 14.6. The van der Waals surface area contributed by atoms with Gasteiger partial charge in [0.25, 0.3) is 0 Å². The highest BCUT2D eigenvalue weighted by molar-refractivity contribution is 5.85. The number of aryl methyl sites for hydroxylation is 2. The quantitative estimate of drug-likeness (QED) is 0.645. The molecule has 3 N–H and O–H groups in total. The molecule has 0 spiro atoms. The summed E-state index contributed by atoms with van der Waals surface area (Å²) in [6, 6.07) is 10.0. The summed E-state index contributed by atoms with van der Waals surface area (Å²) in [4.78, 5) is 0. The third-order valence-corrected chi connectivity index (χ3v) is 4.92. The predicted octanol–water partition coefficient (Wildman–Crippen LogP) is 3.95. The molecule has 1 aliphatic carbocycles. The second-order valence-corrected chi connectivity index (χ2v) is 6.29. The highest BCUT2D eigenvalue weighted by Gasteiger charge is 2.35. The third-order valence-electron chi connectivity index (χ3n) is 4.92. The van der Waals surface area contributed by atoms with Crippen molar-refractivity contribution in [2.75, 3.05) is 11.9 Å². The Labute approximate surface area is 136 Å². The van der Waals surface area contributed by atoms with Gasteiger partial charge in [0.15, 0.2) is 11.5 Å². The van der Waals surface area contributed by atoms with Gasteiger partial charge in [0, 0.05) is 18.2 Å². The molecule has 0 unspecified atom stereocenters. The molecule has 4 heteroatoms. The number of halogens is 1. The molecular weight excluding hydrogens is 298 g/mol. The van der Waals surface area contributed by atoms with Crippen LogP contribution in [-0.2, 0) is 6.42 Å². The first-order valence-electron chi connectivity index (χ1n) is 7.52. The summed E-state index contributed by atoms with van der Waals surface area (Å²) in [5, 5.41) is 23.2. The smallest absolute Gasteiger partial charge is 0.157 e. The average Bonchev–Trinajstić information content (AvgIpc) is 2.48. The average molecular weight is 318 g/mol. The minimum absolute atomic E-state index is 0. The fourth-order valence-corrected chi connectivity index (χ4v) is 3.89. The molecule has 3 nitrogen and oxygen atoms in total. The van der Waals surface area contributed by atoms with Gasteiger partial charge in [-0.1, -0.05) is 17.7 Å². The maximum atomic E-state index is 9.90. The largest absolute Gasteiger partial charge is 0.504 e. The van der Waals surface area contributed by atoms with Gasteiger partial charge in [0.2, 0.25) is 0 Å². The normalized spacial score (nSPS) is 21.7. The third kappa shape index (κ3) is 2.20. The van der Waals surface area contributed by atoms with E-state index >= 15 is 0 Å². The van der Waals surface area contributed by atoms with Crippen LogP contribution < -0.4 is 5.32 Å². The van der Waals surface area contributed by atoms with Crippen LogP contribution in [0, 0.1) is 12.8 Å². The fourth-order valence-electron chi connectivity index (χ4n) is 3.89. The number of nitrogens with one attached hydrogen (secondary N) is 1. The van der Waals surface area contributed by atoms with Crippen LogP contribution in [0.5, 0.6) is 11.5 Å². The molecule has 0 aromatic heterocycles. The summed E-state index contributed by atoms with van der Waals surface area (Å²) < 4.78 is 0. The van der Waals surface area contributed by atoms with E-state index < -0.39 is 0 Å². The molecule has 2 aromatic rings. The highest BCUT2D eigenvalue weighted by Crippen LogP contribution is 2.48. The van der Waals surface area contributed by atoms with E-state index in [1.54, 1.807) is 12.1 Å². The molecular formula is C18H20ClNO2. The Morgan fingerprint density at radius 2 is 1.82 bits per heavy atom. The van der Waals surface area contributed by atoms with Gasteiger partial charge >= 0.3 is 0 Å². The molecule has 0 bridgehead atoms. The van der Waals surface area contributed by atoms with Crippen LogP contribution in [0.1, 0.15) is 34.6 Å². The molecule has 4 rings (SSSR count). The van der Waals surface area contributed by atoms with Gasteiger partial charge in [-0.15, -0.1) is 12.4 Å². The van der Waals surface area contributed by atoms with Gasteiger partial charge in [-0.3, -0.25) is 0 Å². The minimum Gasteiger partial charge on any atom is -0.504 e. The Morgan fingerprint density at radius 3 is 2.64 bits per heavy atom. The van der Waals surface area contributed by atoms with Crippen LogP contribution in [0.15, 0.2) is 30.3 Å². The Kier molecular flexibility index (Phi) is 3.69. The molecule has 2 aromatic carbocycles. The summed E-state index contributed by atoms with van der Waals surface area (Å²) in [5.74, 6) is 0.847. The predicted molar refractivity (Wildman–Crippen MR) is 90.3 cm³/mol. The molecule has 0 amide bonds. The van der Waals surface area contributed by atoms with E-state index in [9.17, 15) is 10.2 Å². The number of aromatic hydroxyl groups is 2. The lowest BCUT2D eigenvalue weighted by Crippen LogP contribution is -2.32. The summed E-state index contributed by atoms with van der Waals surface area (Å²) in [6.07, 6.45) is 2.08. The van der Waals surface area contributed by atoms with Gasteiger partial charge in [-0.25, -0.2) is 0 Å². The first-order chi connectivity index (χ1) is 10.1. The maximum absolute atomic E-state index is 9.90. The molecule has 0 radical (unpaired) electrons. The zero-order valence-electron chi connectivity index (χ0n) is 12.5. The van der Waals surface area contributed by atoms with Gasteiger partial charge in [-0.2, -0.15) is 0 Å². The van der Waals surface area contributed by atoms with Crippen LogP contribution in [0.2, 0.25) is 0 Å². The first kappa shape index (κ1) is 15.0. The Hall–Kier alpha value is -1.87. The van der Waals surface area contributed by atoms with Crippen LogP contribution in [0.25, 0.3) is 0 Å². The molecule has 116 valence electrons. The number of hydrogen-bond acceptors (Lipinski definition) is 3. The Balaban J connectivity index is 0.00000144. The van der Waals surface area contributed by atoms with Crippen LogP contribution in [0.3, 0.4) is 0 Å². The lowest BCUT2D eigenvalue weighted by atomic mass is 9.69. The van der Waals surface area contributed by atoms with Gasteiger partial charge < -0.3 is 15.5 Å². The summed E-state index contributed by atoms with van der Waals surface area (Å²) in [6.45, 7) is 3.09. The topological polar surface area (TPSA) is 52.5 Å². The van der Waals surface area contributed by atoms with Crippen LogP contribution in [-0.4, -0.2) is 16.8 Å². The SMILES string of the molecule is Cc1ccc2c(c1)[C@@H]1c3cc(O)c(O)cc3CC[C@H]1CN2.Cl. The van der Waals surface area contributed by atoms with E-state index in [1.165, 1.54) is 27.9 Å². The lowest BCUT2D eigenvalue weighted by Gasteiger charge is -2.39. The Morgan fingerprint density at radius 1 is 1.05 bits per heavy atom. The second-order valence-electron chi connectivity index (χ2n) is 6.29. The van der Waals surface area contributed by atoms with E-state index in [2.05, 4.69) is 30.4 Å². The van der Waals surface area contributed by atoms with Crippen LogP contribution >= 0.6 is 12.4 Å². The van der Waals surface area contributed by atoms with E-state index in [1.807, 2.05) is 0 Å². The number of benzene rings is 2. The van der Waals surface area contributed by atoms with Gasteiger partial charge in [0.05, 0.1) is 0 Å². The van der Waals surface area contributed by atoms with E-state index in [4.69, 9.17) is 0 Å². The van der Waals surface area contributed by atoms with Crippen molar-refractivity contribution in [3.05, 3.63) is 52.6 Å². The van der Waals surface area contributed by atoms with Crippen molar-refractivity contribution in [1.29, 1.82) is 0 Å². The number of fused-ring (bicyclic) bond motifs is 5. The number of rotatable bonds is 0. The molecule has 2 aliphatic rings. The van der Waals surface area contributed by atoms with Crippen molar-refractivity contribution in [3.8, 4) is 11.5 Å². The summed E-state index contributed by atoms with van der Waals surface area (Å²) >= 11 is 0. The van der Waals surface area contributed by atoms with Crippen molar-refractivity contribution in [2.24, 2.45) is 5.92 Å². The lowest BCUT2D eigenvalue weighted by molar-refractivity contribution is 0.389. The van der Waals surface area contributed by atoms with Crippen molar-refractivity contribution in [1.82, 2.24) is 0 Å². The zero-order valence-corrected chi connectivity index (χ0v) is 13.3. The molecule has 0 saturated heterocycles.